The molecule has 3 aromatic rings. The van der Waals surface area contributed by atoms with E-state index in [2.05, 4.69) is 22.6 Å². The Morgan fingerprint density at radius 3 is 1.94 bits per heavy atom. The number of carbonyl (C=O) groups excluding carboxylic acids is 1. The molecule has 4 rings (SSSR count). The number of halogens is 1. The molecule has 0 spiro atoms. The highest BCUT2D eigenvalue weighted by Gasteiger charge is 2.50. The van der Waals surface area contributed by atoms with Crippen molar-refractivity contribution in [1.82, 2.24) is 4.31 Å². The minimum absolute atomic E-state index is 0.125. The molecule has 7 heteroatoms. The third-order valence-electron chi connectivity index (χ3n) is 5.86. The second-order valence-electron chi connectivity index (χ2n) is 8.00. The molecule has 0 aliphatic carbocycles. The zero-order chi connectivity index (χ0) is 23.6. The Morgan fingerprint density at radius 1 is 0.939 bits per heavy atom. The van der Waals surface area contributed by atoms with Crippen molar-refractivity contribution in [3.63, 3.8) is 0 Å². The number of sulfonamides is 1. The van der Waals surface area contributed by atoms with Crippen LogP contribution in [0.5, 0.6) is 0 Å². The number of nitrogens with zero attached hydrogens (tertiary/aromatic N) is 1. The van der Waals surface area contributed by atoms with Crippen molar-refractivity contribution in [2.24, 2.45) is 0 Å². The summed E-state index contributed by atoms with van der Waals surface area (Å²) >= 11 is 2.22. The average Bonchev–Trinajstić information content (AvgIpc) is 3.13. The van der Waals surface area contributed by atoms with Crippen LogP contribution in [0, 0.1) is 6.92 Å². The van der Waals surface area contributed by atoms with E-state index < -0.39 is 21.4 Å². The molecule has 33 heavy (non-hydrogen) atoms. The van der Waals surface area contributed by atoms with Crippen LogP contribution in [0.25, 0.3) is 0 Å². The number of aryl methyl sites for hydroxylation is 1. The quantitative estimate of drug-likeness (QED) is 0.301. The van der Waals surface area contributed by atoms with Crippen LogP contribution in [0.1, 0.15) is 23.6 Å². The average molecular weight is 573 g/mol. The van der Waals surface area contributed by atoms with Crippen LogP contribution >= 0.6 is 22.6 Å². The van der Waals surface area contributed by atoms with Gasteiger partial charge in [0.1, 0.15) is 6.61 Å². The van der Waals surface area contributed by atoms with Crippen molar-refractivity contribution < 1.29 is 17.9 Å². The van der Waals surface area contributed by atoms with Crippen LogP contribution in [0.15, 0.2) is 99.1 Å². The molecule has 0 unspecified atom stereocenters. The van der Waals surface area contributed by atoms with E-state index in [9.17, 15) is 13.2 Å². The summed E-state index contributed by atoms with van der Waals surface area (Å²) in [5.41, 5.74) is 2.67. The summed E-state index contributed by atoms with van der Waals surface area (Å²) in [5, 5.41) is 0. The lowest BCUT2D eigenvalue weighted by Crippen LogP contribution is -2.38. The highest BCUT2D eigenvalue weighted by Crippen LogP contribution is 2.51. The van der Waals surface area contributed by atoms with Crippen molar-refractivity contribution in [2.45, 2.75) is 24.2 Å². The number of esters is 1. The first-order chi connectivity index (χ1) is 15.8. The summed E-state index contributed by atoms with van der Waals surface area (Å²) in [6.45, 7) is 3.28. The van der Waals surface area contributed by atoms with Crippen LogP contribution in [-0.2, 0) is 25.0 Å². The lowest BCUT2D eigenvalue weighted by atomic mass is 9.75. The molecule has 1 heterocycles. The molecule has 0 saturated heterocycles. The molecule has 0 aromatic heterocycles. The normalized spacial score (nSPS) is 15.5. The number of ether oxygens (including phenoxy) is 1. The van der Waals surface area contributed by atoms with E-state index in [4.69, 9.17) is 4.74 Å². The first-order valence-corrected chi connectivity index (χ1v) is 13.0. The molecule has 0 radical (unpaired) electrons. The smallest absolute Gasteiger partial charge is 0.303 e. The van der Waals surface area contributed by atoms with Gasteiger partial charge in [0.05, 0.1) is 22.6 Å². The maximum absolute atomic E-state index is 13.8. The van der Waals surface area contributed by atoms with Crippen molar-refractivity contribution >= 4 is 38.6 Å². The highest BCUT2D eigenvalue weighted by atomic mass is 127. The molecule has 0 amide bonds. The maximum atomic E-state index is 13.8. The number of carbonyl (C=O) groups is 1. The summed E-state index contributed by atoms with van der Waals surface area (Å²) in [6.07, 6.45) is 0. The summed E-state index contributed by atoms with van der Waals surface area (Å²) in [4.78, 5) is 11.9. The second kappa shape index (κ2) is 9.30. The van der Waals surface area contributed by atoms with Crippen LogP contribution in [0.3, 0.4) is 0 Å². The van der Waals surface area contributed by atoms with Crippen molar-refractivity contribution in [3.8, 4) is 0 Å². The van der Waals surface area contributed by atoms with Gasteiger partial charge in [0.2, 0.25) is 0 Å². The molecule has 0 bridgehead atoms. The minimum atomic E-state index is -3.89. The van der Waals surface area contributed by atoms with E-state index in [-0.39, 0.29) is 18.0 Å². The first kappa shape index (κ1) is 23.5. The van der Waals surface area contributed by atoms with Gasteiger partial charge >= 0.3 is 5.97 Å². The van der Waals surface area contributed by atoms with Gasteiger partial charge in [-0.15, -0.1) is 0 Å². The van der Waals surface area contributed by atoms with Gasteiger partial charge in [0, 0.05) is 10.5 Å². The standard InChI is InChI=1S/C26H24INO4S/c1-19-13-15-23(16-14-19)33(30,31)28-18-26(21-9-5-3-6-10-21,22-11-7-4-8-12-22)25(27)24(28)17-32-20(2)29/h3-16H,17-18H2,1-2H3. The van der Waals surface area contributed by atoms with Gasteiger partial charge in [-0.1, -0.05) is 78.4 Å². The summed E-state index contributed by atoms with van der Waals surface area (Å²) < 4.78 is 35.2. The van der Waals surface area contributed by atoms with Gasteiger partial charge in [-0.2, -0.15) is 0 Å². The van der Waals surface area contributed by atoms with E-state index in [0.717, 1.165) is 20.3 Å². The van der Waals surface area contributed by atoms with E-state index in [1.54, 1.807) is 24.3 Å². The Balaban J connectivity index is 1.94. The summed E-state index contributed by atoms with van der Waals surface area (Å²) in [5.74, 6) is -0.462. The van der Waals surface area contributed by atoms with Gasteiger partial charge in [0.15, 0.2) is 0 Å². The molecule has 5 nitrogen and oxygen atoms in total. The lowest BCUT2D eigenvalue weighted by Gasteiger charge is -2.32. The molecule has 1 aliphatic heterocycles. The Morgan fingerprint density at radius 2 is 1.45 bits per heavy atom. The molecule has 0 atom stereocenters. The topological polar surface area (TPSA) is 63.7 Å². The predicted molar refractivity (Wildman–Crippen MR) is 136 cm³/mol. The Kier molecular flexibility index (Phi) is 6.63. The monoisotopic (exact) mass is 573 g/mol. The molecule has 0 N–H and O–H groups in total. The largest absolute Gasteiger partial charge is 0.459 e. The molecular weight excluding hydrogens is 549 g/mol. The number of hydrogen-bond donors (Lipinski definition) is 0. The predicted octanol–water partition coefficient (Wildman–Crippen LogP) is 5.20. The highest BCUT2D eigenvalue weighted by molar-refractivity contribution is 14.1. The van der Waals surface area contributed by atoms with Gasteiger partial charge in [-0.25, -0.2) is 8.42 Å². The third-order valence-corrected chi connectivity index (χ3v) is 9.21. The molecule has 170 valence electrons. The van der Waals surface area contributed by atoms with Crippen molar-refractivity contribution in [3.05, 3.63) is 111 Å². The molecule has 3 aromatic carbocycles. The fourth-order valence-electron chi connectivity index (χ4n) is 4.16. The van der Waals surface area contributed by atoms with Crippen LogP contribution in [0.2, 0.25) is 0 Å². The minimum Gasteiger partial charge on any atom is -0.459 e. The summed E-state index contributed by atoms with van der Waals surface area (Å²) in [6, 6.07) is 26.5. The fourth-order valence-corrected chi connectivity index (χ4v) is 7.09. The first-order valence-electron chi connectivity index (χ1n) is 10.5. The van der Waals surface area contributed by atoms with E-state index in [1.807, 2.05) is 67.6 Å². The lowest BCUT2D eigenvalue weighted by molar-refractivity contribution is -0.140. The van der Waals surface area contributed by atoms with Gasteiger partial charge < -0.3 is 4.74 Å². The van der Waals surface area contributed by atoms with Crippen molar-refractivity contribution in [1.29, 1.82) is 0 Å². The summed E-state index contributed by atoms with van der Waals surface area (Å²) in [7, 11) is -3.89. The van der Waals surface area contributed by atoms with Gasteiger partial charge in [-0.05, 0) is 52.8 Å². The van der Waals surface area contributed by atoms with E-state index in [1.165, 1.54) is 11.2 Å². The Labute approximate surface area is 208 Å². The number of rotatable bonds is 6. The van der Waals surface area contributed by atoms with Crippen molar-refractivity contribution in [2.75, 3.05) is 13.2 Å². The zero-order valence-electron chi connectivity index (χ0n) is 18.4. The Bertz CT molecular complexity index is 1250. The molecule has 0 saturated carbocycles. The number of benzene rings is 3. The molecule has 0 fully saturated rings. The SMILES string of the molecule is CC(=O)OCC1=C(I)C(c2ccccc2)(c2ccccc2)CN1S(=O)(=O)c1ccc(C)cc1. The number of hydrogen-bond acceptors (Lipinski definition) is 4. The molecule has 1 aliphatic rings. The maximum Gasteiger partial charge on any atom is 0.303 e. The molecular formula is C26H24INO4S. The van der Waals surface area contributed by atoms with Crippen LogP contribution in [0.4, 0.5) is 0 Å². The van der Waals surface area contributed by atoms with E-state index in [0.29, 0.717) is 5.70 Å². The van der Waals surface area contributed by atoms with Gasteiger partial charge in [-0.3, -0.25) is 9.10 Å². The fraction of sp³-hybridized carbons (Fsp3) is 0.192. The van der Waals surface area contributed by atoms with E-state index >= 15 is 0 Å². The third kappa shape index (κ3) is 4.31. The second-order valence-corrected chi connectivity index (χ2v) is 10.9. The Hall–Kier alpha value is -2.65. The van der Waals surface area contributed by atoms with Crippen LogP contribution in [-0.4, -0.2) is 31.8 Å². The zero-order valence-corrected chi connectivity index (χ0v) is 21.3. The van der Waals surface area contributed by atoms with Crippen LogP contribution < -0.4 is 0 Å². The van der Waals surface area contributed by atoms with Gasteiger partial charge in [0.25, 0.3) is 10.0 Å².